The van der Waals surface area contributed by atoms with E-state index < -0.39 is 44.7 Å². The molecule has 1 aliphatic rings. The first-order valence-electron chi connectivity index (χ1n) is 16.0. The third kappa shape index (κ3) is 8.93. The van der Waals surface area contributed by atoms with Crippen LogP contribution in [0.25, 0.3) is 0 Å². The predicted molar refractivity (Wildman–Crippen MR) is 184 cm³/mol. The first-order valence-corrected chi connectivity index (χ1v) is 18.0. The van der Waals surface area contributed by atoms with Crippen LogP contribution < -0.4 is 10.4 Å². The number of ether oxygens (including phenoxy) is 2. The molecule has 4 atom stereocenters. The number of rotatable bonds is 8. The van der Waals surface area contributed by atoms with Crippen molar-refractivity contribution < 1.29 is 28.6 Å². The lowest BCUT2D eigenvalue weighted by atomic mass is 9.96. The number of allylic oxidation sites excluding steroid dienone is 1. The molecule has 1 aliphatic heterocycles. The zero-order valence-corrected chi connectivity index (χ0v) is 29.5. The van der Waals surface area contributed by atoms with Gasteiger partial charge in [-0.05, 0) is 66.6 Å². The van der Waals surface area contributed by atoms with E-state index in [1.165, 1.54) is 0 Å². The molecule has 0 bridgehead atoms. The van der Waals surface area contributed by atoms with Crippen molar-refractivity contribution in [2.45, 2.75) is 111 Å². The molecule has 0 amide bonds. The van der Waals surface area contributed by atoms with Crippen LogP contribution in [0.15, 0.2) is 95.6 Å². The molecule has 45 heavy (non-hydrogen) atoms. The van der Waals surface area contributed by atoms with E-state index >= 15 is 0 Å². The number of esters is 2. The van der Waals surface area contributed by atoms with E-state index in [1.54, 1.807) is 13.0 Å². The van der Waals surface area contributed by atoms with Crippen LogP contribution >= 0.6 is 0 Å². The molecule has 0 aliphatic carbocycles. The standard InChI is InChI=1S/C38H52O6Si/c1-10-27(4)33-24-22-28(5)35(36(43-34(40)25-26(2)3)32(39)23-21-29(6)37(41)42-33)44-45(38(7,8)9,30-17-13-11-14-18-30)31-19-15-12-16-20-31/h10-22,26,32-33,35-36,39H,23-25H2,1-9H3. The summed E-state index contributed by atoms with van der Waals surface area (Å²) in [7, 11) is -3.15. The maximum atomic E-state index is 13.3. The van der Waals surface area contributed by atoms with E-state index in [9.17, 15) is 14.7 Å². The lowest BCUT2D eigenvalue weighted by Gasteiger charge is -2.47. The van der Waals surface area contributed by atoms with Crippen LogP contribution in [-0.2, 0) is 23.5 Å². The highest BCUT2D eigenvalue weighted by Crippen LogP contribution is 2.39. The Morgan fingerprint density at radius 1 is 1.00 bits per heavy atom. The lowest BCUT2D eigenvalue weighted by molar-refractivity contribution is -0.162. The molecule has 7 heteroatoms. The highest BCUT2D eigenvalue weighted by molar-refractivity contribution is 6.99. The minimum absolute atomic E-state index is 0.0787. The highest BCUT2D eigenvalue weighted by atomic mass is 28.4. The molecular formula is C38H52O6Si. The topological polar surface area (TPSA) is 82.1 Å². The number of carbonyl (C=O) groups is 2. The lowest BCUT2D eigenvalue weighted by Crippen LogP contribution is -2.69. The number of benzene rings is 2. The van der Waals surface area contributed by atoms with Crippen molar-refractivity contribution in [1.82, 2.24) is 0 Å². The van der Waals surface area contributed by atoms with Crippen molar-refractivity contribution in [3.63, 3.8) is 0 Å². The van der Waals surface area contributed by atoms with Crippen LogP contribution in [0.1, 0.15) is 81.6 Å². The summed E-state index contributed by atoms with van der Waals surface area (Å²) in [5.74, 6) is -0.753. The molecule has 3 rings (SSSR count). The van der Waals surface area contributed by atoms with Crippen LogP contribution in [0.2, 0.25) is 5.04 Å². The molecule has 1 N–H and O–H groups in total. The van der Waals surface area contributed by atoms with Crippen molar-refractivity contribution in [1.29, 1.82) is 0 Å². The van der Waals surface area contributed by atoms with Crippen LogP contribution in [0.5, 0.6) is 0 Å². The molecule has 244 valence electrons. The average molecular weight is 633 g/mol. The van der Waals surface area contributed by atoms with Gasteiger partial charge in [-0.15, -0.1) is 0 Å². The number of carbonyl (C=O) groups excluding carboxylic acids is 2. The van der Waals surface area contributed by atoms with Gasteiger partial charge in [0.25, 0.3) is 8.32 Å². The molecule has 2 aromatic carbocycles. The Bertz CT molecular complexity index is 1330. The Morgan fingerprint density at radius 3 is 2.04 bits per heavy atom. The average Bonchev–Trinajstić information content (AvgIpc) is 3.00. The summed E-state index contributed by atoms with van der Waals surface area (Å²) in [6.45, 7) is 18.0. The number of hydrogen-bond donors (Lipinski definition) is 1. The fourth-order valence-corrected chi connectivity index (χ4v) is 10.6. The Balaban J connectivity index is 2.32. The van der Waals surface area contributed by atoms with E-state index in [2.05, 4.69) is 45.0 Å². The Morgan fingerprint density at radius 2 is 1.56 bits per heavy atom. The summed E-state index contributed by atoms with van der Waals surface area (Å²) in [6.07, 6.45) is 2.91. The maximum Gasteiger partial charge on any atom is 0.333 e. The van der Waals surface area contributed by atoms with E-state index in [1.807, 2.05) is 83.2 Å². The summed E-state index contributed by atoms with van der Waals surface area (Å²) < 4.78 is 19.7. The monoisotopic (exact) mass is 632 g/mol. The van der Waals surface area contributed by atoms with E-state index in [0.29, 0.717) is 12.0 Å². The molecule has 4 unspecified atom stereocenters. The molecule has 0 aromatic heterocycles. The Labute approximate surface area is 271 Å². The smallest absolute Gasteiger partial charge is 0.333 e. The second-order valence-electron chi connectivity index (χ2n) is 13.6. The van der Waals surface area contributed by atoms with Gasteiger partial charge in [0.1, 0.15) is 12.2 Å². The Hall–Kier alpha value is -3.26. The summed E-state index contributed by atoms with van der Waals surface area (Å²) in [5, 5.41) is 13.6. The quantitative estimate of drug-likeness (QED) is 0.196. The molecule has 1 heterocycles. The van der Waals surface area contributed by atoms with Crippen molar-refractivity contribution in [3.05, 3.63) is 95.6 Å². The number of hydrogen-bond acceptors (Lipinski definition) is 6. The maximum absolute atomic E-state index is 13.3. The zero-order valence-electron chi connectivity index (χ0n) is 28.5. The van der Waals surface area contributed by atoms with Crippen LogP contribution in [0, 0.1) is 5.92 Å². The molecule has 0 fully saturated rings. The highest BCUT2D eigenvalue weighted by Gasteiger charge is 2.53. The van der Waals surface area contributed by atoms with Gasteiger partial charge in [-0.2, -0.15) is 0 Å². The summed E-state index contributed by atoms with van der Waals surface area (Å²) in [6, 6.07) is 20.6. The fraction of sp³-hybridized carbons (Fsp3) is 0.474. The van der Waals surface area contributed by atoms with Gasteiger partial charge in [-0.25, -0.2) is 4.79 Å². The SMILES string of the molecule is CC=C(C)C1CC=C(C)C(O[Si](c2ccccc2)(c2ccccc2)C(C)(C)C)C(OC(=O)CC(C)C)C(O)CC=C(C)C(=O)O1. The van der Waals surface area contributed by atoms with Crippen LogP contribution in [0.3, 0.4) is 0 Å². The molecule has 0 radical (unpaired) electrons. The van der Waals surface area contributed by atoms with Gasteiger partial charge in [0.2, 0.25) is 0 Å². The van der Waals surface area contributed by atoms with E-state index in [0.717, 1.165) is 21.5 Å². The van der Waals surface area contributed by atoms with Crippen molar-refractivity contribution in [3.8, 4) is 0 Å². The van der Waals surface area contributed by atoms with Gasteiger partial charge in [0.15, 0.2) is 6.10 Å². The summed E-state index contributed by atoms with van der Waals surface area (Å²) in [5.41, 5.74) is 2.12. The first-order chi connectivity index (χ1) is 21.2. The zero-order chi connectivity index (χ0) is 33.4. The van der Waals surface area contributed by atoms with Crippen molar-refractivity contribution in [2.75, 3.05) is 0 Å². The number of aliphatic hydroxyl groups excluding tert-OH is 1. The molecule has 2 aromatic rings. The number of aliphatic hydroxyl groups is 1. The Kier molecular flexibility index (Phi) is 12.7. The second kappa shape index (κ2) is 15.8. The second-order valence-corrected chi connectivity index (χ2v) is 17.8. The molecule has 0 saturated carbocycles. The molecule has 0 spiro atoms. The van der Waals surface area contributed by atoms with Gasteiger partial charge in [0, 0.05) is 18.4 Å². The van der Waals surface area contributed by atoms with E-state index in [-0.39, 0.29) is 23.8 Å². The van der Waals surface area contributed by atoms with Crippen molar-refractivity contribution in [2.24, 2.45) is 5.92 Å². The number of cyclic esters (lactones) is 1. The van der Waals surface area contributed by atoms with Gasteiger partial charge in [0.05, 0.1) is 6.10 Å². The predicted octanol–water partition coefficient (Wildman–Crippen LogP) is 6.81. The van der Waals surface area contributed by atoms with Gasteiger partial charge >= 0.3 is 11.9 Å². The summed E-state index contributed by atoms with van der Waals surface area (Å²) in [4.78, 5) is 26.3. The third-order valence-corrected chi connectivity index (χ3v) is 13.6. The summed E-state index contributed by atoms with van der Waals surface area (Å²) >= 11 is 0. The minimum atomic E-state index is -3.15. The first kappa shape index (κ1) is 36.2. The normalized spacial score (nSPS) is 22.5. The van der Waals surface area contributed by atoms with Crippen molar-refractivity contribution >= 4 is 30.6 Å². The van der Waals surface area contributed by atoms with Gasteiger partial charge < -0.3 is 19.0 Å². The van der Waals surface area contributed by atoms with Crippen LogP contribution in [0.4, 0.5) is 0 Å². The molecule has 6 nitrogen and oxygen atoms in total. The third-order valence-electron chi connectivity index (χ3n) is 8.54. The molecular weight excluding hydrogens is 580 g/mol. The molecule has 0 saturated heterocycles. The largest absolute Gasteiger partial charge is 0.456 e. The van der Waals surface area contributed by atoms with E-state index in [4.69, 9.17) is 13.9 Å². The minimum Gasteiger partial charge on any atom is -0.456 e. The van der Waals surface area contributed by atoms with Gasteiger partial charge in [-0.1, -0.05) is 114 Å². The van der Waals surface area contributed by atoms with Gasteiger partial charge in [-0.3, -0.25) is 4.79 Å². The fourth-order valence-electron chi connectivity index (χ4n) is 5.84. The van der Waals surface area contributed by atoms with Crippen LogP contribution in [-0.4, -0.2) is 49.8 Å².